The summed E-state index contributed by atoms with van der Waals surface area (Å²) in [6.07, 6.45) is 1.46. The molecule has 1 heterocycles. The number of carbonyl (C=O) groups excluding carboxylic acids is 2. The molecule has 1 aliphatic heterocycles. The Hall–Kier alpha value is -1.40. The van der Waals surface area contributed by atoms with Crippen LogP contribution in [0.3, 0.4) is 0 Å². The van der Waals surface area contributed by atoms with Crippen LogP contribution in [0, 0.1) is 5.92 Å². The zero-order chi connectivity index (χ0) is 15.2. The quantitative estimate of drug-likeness (QED) is 0.902. The normalized spacial score (nSPS) is 15.5. The van der Waals surface area contributed by atoms with Crippen molar-refractivity contribution >= 4 is 33.4 Å². The molecule has 21 heavy (non-hydrogen) atoms. The van der Waals surface area contributed by atoms with Crippen LogP contribution in [-0.2, 0) is 14.3 Å². The SMILES string of the molecule is CN(CC(=O)Nc1ccccc1Br)C(=O)C1CCOCC1. The average Bonchev–Trinajstić information content (AvgIpc) is 2.49. The summed E-state index contributed by atoms with van der Waals surface area (Å²) in [5.74, 6) is -0.217. The summed E-state index contributed by atoms with van der Waals surface area (Å²) in [4.78, 5) is 25.7. The number of hydrogen-bond donors (Lipinski definition) is 1. The molecule has 0 aliphatic carbocycles. The van der Waals surface area contributed by atoms with Gasteiger partial charge < -0.3 is 15.0 Å². The van der Waals surface area contributed by atoms with Gasteiger partial charge in [0.15, 0.2) is 0 Å². The van der Waals surface area contributed by atoms with Crippen molar-refractivity contribution in [2.24, 2.45) is 5.92 Å². The standard InChI is InChI=1S/C15H19BrN2O3/c1-18(15(20)11-6-8-21-9-7-11)10-14(19)17-13-5-3-2-4-12(13)16/h2-5,11H,6-10H2,1H3,(H,17,19). The van der Waals surface area contributed by atoms with Crippen molar-refractivity contribution in [3.05, 3.63) is 28.7 Å². The van der Waals surface area contributed by atoms with Gasteiger partial charge in [-0.15, -0.1) is 0 Å². The molecule has 1 saturated heterocycles. The highest BCUT2D eigenvalue weighted by atomic mass is 79.9. The first-order chi connectivity index (χ1) is 10.1. The summed E-state index contributed by atoms with van der Waals surface area (Å²) in [6, 6.07) is 7.38. The number of carbonyl (C=O) groups is 2. The second kappa shape index (κ2) is 7.56. The maximum atomic E-state index is 12.2. The smallest absolute Gasteiger partial charge is 0.244 e. The Morgan fingerprint density at radius 2 is 2.00 bits per heavy atom. The van der Waals surface area contributed by atoms with Crippen molar-refractivity contribution < 1.29 is 14.3 Å². The van der Waals surface area contributed by atoms with Gasteiger partial charge >= 0.3 is 0 Å². The number of nitrogens with zero attached hydrogens (tertiary/aromatic N) is 1. The molecule has 5 nitrogen and oxygen atoms in total. The van der Waals surface area contributed by atoms with Gasteiger partial charge in [0.05, 0.1) is 12.2 Å². The number of para-hydroxylation sites is 1. The number of hydrogen-bond acceptors (Lipinski definition) is 3. The van der Waals surface area contributed by atoms with Crippen molar-refractivity contribution in [1.29, 1.82) is 0 Å². The highest BCUT2D eigenvalue weighted by Crippen LogP contribution is 2.21. The van der Waals surface area contributed by atoms with Crippen LogP contribution in [0.1, 0.15) is 12.8 Å². The Kier molecular flexibility index (Phi) is 5.76. The number of rotatable bonds is 4. The van der Waals surface area contributed by atoms with E-state index in [1.54, 1.807) is 7.05 Å². The Bertz CT molecular complexity index is 515. The Morgan fingerprint density at radius 3 is 2.67 bits per heavy atom. The molecular formula is C15H19BrN2O3. The number of halogens is 1. The van der Waals surface area contributed by atoms with Gasteiger partial charge in [0.1, 0.15) is 0 Å². The van der Waals surface area contributed by atoms with Crippen molar-refractivity contribution in [2.45, 2.75) is 12.8 Å². The van der Waals surface area contributed by atoms with E-state index in [4.69, 9.17) is 4.74 Å². The summed E-state index contributed by atoms with van der Waals surface area (Å²) >= 11 is 3.37. The fourth-order valence-electron chi connectivity index (χ4n) is 2.30. The highest BCUT2D eigenvalue weighted by molar-refractivity contribution is 9.10. The Morgan fingerprint density at radius 1 is 1.33 bits per heavy atom. The summed E-state index contributed by atoms with van der Waals surface area (Å²) in [7, 11) is 1.66. The first-order valence-corrected chi connectivity index (χ1v) is 7.74. The minimum atomic E-state index is -0.204. The van der Waals surface area contributed by atoms with Crippen molar-refractivity contribution in [3.63, 3.8) is 0 Å². The second-order valence-corrected chi connectivity index (χ2v) is 5.96. The van der Waals surface area contributed by atoms with Gasteiger partial charge in [-0.05, 0) is 40.9 Å². The van der Waals surface area contributed by atoms with E-state index in [-0.39, 0.29) is 24.3 Å². The third kappa shape index (κ3) is 4.54. The lowest BCUT2D eigenvalue weighted by atomic mass is 9.99. The fourth-order valence-corrected chi connectivity index (χ4v) is 2.69. The number of nitrogens with one attached hydrogen (secondary N) is 1. The molecule has 0 radical (unpaired) electrons. The van der Waals surface area contributed by atoms with Crippen LogP contribution in [0.4, 0.5) is 5.69 Å². The number of likely N-dealkylation sites (N-methyl/N-ethyl adjacent to an activating group) is 1. The lowest BCUT2D eigenvalue weighted by molar-refractivity contribution is -0.139. The molecule has 2 rings (SSSR count). The largest absolute Gasteiger partial charge is 0.381 e. The molecular weight excluding hydrogens is 336 g/mol. The Balaban J connectivity index is 1.87. The van der Waals surface area contributed by atoms with Crippen LogP contribution in [0.25, 0.3) is 0 Å². The molecule has 1 fully saturated rings. The lowest BCUT2D eigenvalue weighted by Crippen LogP contribution is -2.40. The van der Waals surface area contributed by atoms with Crippen LogP contribution >= 0.6 is 15.9 Å². The molecule has 2 amide bonds. The van der Waals surface area contributed by atoms with Crippen LogP contribution in [0.15, 0.2) is 28.7 Å². The third-order valence-corrected chi connectivity index (χ3v) is 4.17. The molecule has 1 aliphatic rings. The monoisotopic (exact) mass is 354 g/mol. The number of ether oxygens (including phenoxy) is 1. The van der Waals surface area contributed by atoms with E-state index in [0.717, 1.165) is 17.3 Å². The number of anilines is 1. The summed E-state index contributed by atoms with van der Waals surface area (Å²) < 4.78 is 6.06. The van der Waals surface area contributed by atoms with E-state index in [0.29, 0.717) is 18.9 Å². The molecule has 0 unspecified atom stereocenters. The molecule has 1 aromatic carbocycles. The van der Waals surface area contributed by atoms with Gasteiger partial charge in [-0.25, -0.2) is 0 Å². The maximum absolute atomic E-state index is 12.2. The summed E-state index contributed by atoms with van der Waals surface area (Å²) in [5, 5.41) is 2.79. The van der Waals surface area contributed by atoms with E-state index < -0.39 is 0 Å². The van der Waals surface area contributed by atoms with Gasteiger partial charge in [-0.1, -0.05) is 12.1 Å². The Labute approximate surface area is 132 Å². The first-order valence-electron chi connectivity index (χ1n) is 6.95. The van der Waals surface area contributed by atoms with Crippen LogP contribution in [0.2, 0.25) is 0 Å². The molecule has 0 saturated carbocycles. The van der Waals surface area contributed by atoms with Gasteiger partial charge in [-0.3, -0.25) is 9.59 Å². The van der Waals surface area contributed by atoms with E-state index >= 15 is 0 Å². The molecule has 0 atom stereocenters. The second-order valence-electron chi connectivity index (χ2n) is 5.11. The summed E-state index contributed by atoms with van der Waals surface area (Å²) in [5.41, 5.74) is 0.703. The predicted molar refractivity (Wildman–Crippen MR) is 84.0 cm³/mol. The van der Waals surface area contributed by atoms with Crippen molar-refractivity contribution in [3.8, 4) is 0 Å². The molecule has 114 valence electrons. The summed E-state index contributed by atoms with van der Waals surface area (Å²) in [6.45, 7) is 1.29. The lowest BCUT2D eigenvalue weighted by Gasteiger charge is -2.26. The fraction of sp³-hybridized carbons (Fsp3) is 0.467. The third-order valence-electron chi connectivity index (χ3n) is 3.48. The molecule has 6 heteroatoms. The average molecular weight is 355 g/mol. The number of amides is 2. The molecule has 0 bridgehead atoms. The van der Waals surface area contributed by atoms with E-state index in [1.165, 1.54) is 4.90 Å². The van der Waals surface area contributed by atoms with Gasteiger partial charge in [0.2, 0.25) is 11.8 Å². The topological polar surface area (TPSA) is 58.6 Å². The van der Waals surface area contributed by atoms with Crippen LogP contribution < -0.4 is 5.32 Å². The zero-order valence-electron chi connectivity index (χ0n) is 12.0. The first kappa shape index (κ1) is 16.0. The van der Waals surface area contributed by atoms with Crippen LogP contribution in [0.5, 0.6) is 0 Å². The van der Waals surface area contributed by atoms with Gasteiger partial charge in [0, 0.05) is 30.7 Å². The van der Waals surface area contributed by atoms with Crippen LogP contribution in [-0.4, -0.2) is 43.5 Å². The number of benzene rings is 1. The van der Waals surface area contributed by atoms with E-state index in [9.17, 15) is 9.59 Å². The predicted octanol–water partition coefficient (Wildman–Crippen LogP) is 2.27. The molecule has 0 spiro atoms. The minimum absolute atomic E-state index is 0.0144. The maximum Gasteiger partial charge on any atom is 0.244 e. The molecule has 0 aromatic heterocycles. The van der Waals surface area contributed by atoms with E-state index in [2.05, 4.69) is 21.2 Å². The highest BCUT2D eigenvalue weighted by Gasteiger charge is 2.25. The minimum Gasteiger partial charge on any atom is -0.381 e. The van der Waals surface area contributed by atoms with E-state index in [1.807, 2.05) is 24.3 Å². The molecule has 1 aromatic rings. The van der Waals surface area contributed by atoms with Gasteiger partial charge in [-0.2, -0.15) is 0 Å². The van der Waals surface area contributed by atoms with Crippen molar-refractivity contribution in [1.82, 2.24) is 4.90 Å². The van der Waals surface area contributed by atoms with Gasteiger partial charge in [0.25, 0.3) is 0 Å². The molecule has 1 N–H and O–H groups in total. The zero-order valence-corrected chi connectivity index (χ0v) is 13.6. The van der Waals surface area contributed by atoms with Crippen molar-refractivity contribution in [2.75, 3.05) is 32.1 Å².